The number of piperidine rings is 1. The van der Waals surface area contributed by atoms with E-state index < -0.39 is 0 Å². The number of nitrogens with one attached hydrogen (secondary N) is 1. The van der Waals surface area contributed by atoms with Gasteiger partial charge in [0, 0.05) is 44.5 Å². The second-order valence-corrected chi connectivity index (χ2v) is 6.83. The predicted molar refractivity (Wildman–Crippen MR) is 85.1 cm³/mol. The fourth-order valence-corrected chi connectivity index (χ4v) is 3.14. The van der Waals surface area contributed by atoms with Crippen molar-refractivity contribution in [1.29, 1.82) is 0 Å². The molecule has 0 aliphatic carbocycles. The van der Waals surface area contributed by atoms with Crippen LogP contribution in [0.1, 0.15) is 19.8 Å². The summed E-state index contributed by atoms with van der Waals surface area (Å²) in [5.41, 5.74) is 0. The van der Waals surface area contributed by atoms with Crippen LogP contribution in [0.4, 0.5) is 0 Å². The first-order valence-electron chi connectivity index (χ1n) is 7.30. The zero-order valence-electron chi connectivity index (χ0n) is 13.1. The van der Waals surface area contributed by atoms with Crippen molar-refractivity contribution in [2.75, 3.05) is 46.6 Å². The SMILES string of the molecule is CSC(CO)C(C)NC1CCN(CC(=O)N(C)C)CC1. The second kappa shape index (κ2) is 8.87. The van der Waals surface area contributed by atoms with E-state index in [0.717, 1.165) is 25.9 Å². The van der Waals surface area contributed by atoms with Crippen molar-refractivity contribution in [2.24, 2.45) is 0 Å². The fraction of sp³-hybridized carbons (Fsp3) is 0.929. The lowest BCUT2D eigenvalue weighted by Crippen LogP contribution is -2.50. The highest BCUT2D eigenvalue weighted by atomic mass is 32.2. The molecule has 2 unspecified atom stereocenters. The lowest BCUT2D eigenvalue weighted by molar-refractivity contribution is -0.130. The van der Waals surface area contributed by atoms with Crippen LogP contribution in [0.25, 0.3) is 0 Å². The van der Waals surface area contributed by atoms with E-state index in [1.165, 1.54) is 0 Å². The minimum Gasteiger partial charge on any atom is -0.395 e. The van der Waals surface area contributed by atoms with E-state index in [4.69, 9.17) is 0 Å². The van der Waals surface area contributed by atoms with Crippen LogP contribution < -0.4 is 5.32 Å². The molecule has 2 N–H and O–H groups in total. The van der Waals surface area contributed by atoms with Crippen LogP contribution in [-0.2, 0) is 4.79 Å². The number of likely N-dealkylation sites (N-methyl/N-ethyl adjacent to an activating group) is 1. The van der Waals surface area contributed by atoms with Crippen LogP contribution in [0.3, 0.4) is 0 Å². The first-order valence-corrected chi connectivity index (χ1v) is 8.59. The zero-order chi connectivity index (χ0) is 15.1. The molecule has 0 radical (unpaired) electrons. The summed E-state index contributed by atoms with van der Waals surface area (Å²) in [6, 6.07) is 0.812. The Hall–Kier alpha value is -0.300. The summed E-state index contributed by atoms with van der Waals surface area (Å²) in [6.45, 7) is 4.81. The molecule has 0 aromatic rings. The molecule has 1 fully saturated rings. The summed E-state index contributed by atoms with van der Waals surface area (Å²) in [7, 11) is 3.60. The molecule has 118 valence electrons. The molecular formula is C14H29N3O2S. The third kappa shape index (κ3) is 5.60. The Morgan fingerprint density at radius 1 is 1.45 bits per heavy atom. The summed E-state index contributed by atoms with van der Waals surface area (Å²) >= 11 is 1.71. The van der Waals surface area contributed by atoms with Gasteiger partial charge in [0.25, 0.3) is 0 Å². The van der Waals surface area contributed by atoms with E-state index in [1.54, 1.807) is 30.8 Å². The molecule has 1 heterocycles. The first kappa shape index (κ1) is 17.8. The summed E-state index contributed by atoms with van der Waals surface area (Å²) < 4.78 is 0. The van der Waals surface area contributed by atoms with Crippen LogP contribution in [0.2, 0.25) is 0 Å². The number of carbonyl (C=O) groups excluding carboxylic acids is 1. The lowest BCUT2D eigenvalue weighted by atomic mass is 10.0. The molecule has 1 aliphatic rings. The predicted octanol–water partition coefficient (Wildman–Crippen LogP) is 0.241. The molecule has 1 saturated heterocycles. The quantitative estimate of drug-likeness (QED) is 0.706. The third-order valence-electron chi connectivity index (χ3n) is 3.98. The van der Waals surface area contributed by atoms with Crippen LogP contribution in [0.15, 0.2) is 0 Å². The summed E-state index contributed by atoms with van der Waals surface area (Å²) in [5.74, 6) is 0.174. The molecule has 20 heavy (non-hydrogen) atoms. The third-order valence-corrected chi connectivity index (χ3v) is 5.15. The van der Waals surface area contributed by atoms with Gasteiger partial charge in [-0.05, 0) is 26.0 Å². The maximum Gasteiger partial charge on any atom is 0.236 e. The maximum atomic E-state index is 11.7. The van der Waals surface area contributed by atoms with Crippen LogP contribution in [0, 0.1) is 0 Å². The smallest absolute Gasteiger partial charge is 0.236 e. The minimum atomic E-state index is 0.174. The van der Waals surface area contributed by atoms with E-state index in [9.17, 15) is 9.90 Å². The van der Waals surface area contributed by atoms with Crippen molar-refractivity contribution < 1.29 is 9.90 Å². The Kier molecular flexibility index (Phi) is 7.87. The van der Waals surface area contributed by atoms with Gasteiger partial charge in [-0.15, -0.1) is 0 Å². The van der Waals surface area contributed by atoms with Crippen molar-refractivity contribution in [3.63, 3.8) is 0 Å². The maximum absolute atomic E-state index is 11.7. The molecule has 0 bridgehead atoms. The molecule has 0 aromatic carbocycles. The molecule has 0 saturated carbocycles. The lowest BCUT2D eigenvalue weighted by Gasteiger charge is -2.35. The number of amides is 1. The topological polar surface area (TPSA) is 55.8 Å². The number of carbonyl (C=O) groups is 1. The van der Waals surface area contributed by atoms with Gasteiger partial charge < -0.3 is 15.3 Å². The van der Waals surface area contributed by atoms with Gasteiger partial charge in [0.15, 0.2) is 0 Å². The highest BCUT2D eigenvalue weighted by Crippen LogP contribution is 2.15. The van der Waals surface area contributed by atoms with Crippen molar-refractivity contribution in [1.82, 2.24) is 15.1 Å². The Morgan fingerprint density at radius 2 is 2.05 bits per heavy atom. The Morgan fingerprint density at radius 3 is 2.50 bits per heavy atom. The van der Waals surface area contributed by atoms with Gasteiger partial charge in [-0.25, -0.2) is 0 Å². The van der Waals surface area contributed by atoms with Crippen molar-refractivity contribution in [3.8, 4) is 0 Å². The number of likely N-dealkylation sites (tertiary alicyclic amines) is 1. The van der Waals surface area contributed by atoms with Crippen molar-refractivity contribution in [2.45, 2.75) is 37.1 Å². The van der Waals surface area contributed by atoms with E-state index in [2.05, 4.69) is 17.1 Å². The van der Waals surface area contributed by atoms with Gasteiger partial charge in [-0.1, -0.05) is 0 Å². The number of hydrogen-bond donors (Lipinski definition) is 2. The average Bonchev–Trinajstić information content (AvgIpc) is 2.42. The van der Waals surface area contributed by atoms with E-state index in [-0.39, 0.29) is 17.8 Å². The minimum absolute atomic E-state index is 0.174. The number of rotatable bonds is 7. The number of thioether (sulfide) groups is 1. The normalized spacial score (nSPS) is 20.6. The second-order valence-electron chi connectivity index (χ2n) is 5.75. The van der Waals surface area contributed by atoms with Gasteiger partial charge >= 0.3 is 0 Å². The molecule has 1 rings (SSSR count). The monoisotopic (exact) mass is 303 g/mol. The van der Waals surface area contributed by atoms with Crippen LogP contribution in [0.5, 0.6) is 0 Å². The van der Waals surface area contributed by atoms with Crippen LogP contribution >= 0.6 is 11.8 Å². The number of hydrogen-bond acceptors (Lipinski definition) is 5. The average molecular weight is 303 g/mol. The summed E-state index contributed by atoms with van der Waals surface area (Å²) in [4.78, 5) is 15.6. The standard InChI is InChI=1S/C14H29N3O2S/c1-11(13(10-18)20-4)15-12-5-7-17(8-6-12)9-14(19)16(2)3/h11-13,15,18H,5-10H2,1-4H3. The molecule has 1 aliphatic heterocycles. The number of nitrogens with zero attached hydrogens (tertiary/aromatic N) is 2. The zero-order valence-corrected chi connectivity index (χ0v) is 13.9. The fourth-order valence-electron chi connectivity index (χ4n) is 2.51. The number of aliphatic hydroxyl groups is 1. The summed E-state index contributed by atoms with van der Waals surface area (Å²) in [5, 5.41) is 13.2. The highest BCUT2D eigenvalue weighted by Gasteiger charge is 2.24. The molecule has 0 spiro atoms. The van der Waals surface area contributed by atoms with Gasteiger partial charge in [-0.2, -0.15) is 11.8 Å². The van der Waals surface area contributed by atoms with Gasteiger partial charge in [0.1, 0.15) is 0 Å². The molecule has 6 heteroatoms. The molecular weight excluding hydrogens is 274 g/mol. The van der Waals surface area contributed by atoms with E-state index in [0.29, 0.717) is 18.6 Å². The van der Waals surface area contributed by atoms with Crippen LogP contribution in [-0.4, -0.2) is 84.7 Å². The molecule has 0 aromatic heterocycles. The van der Waals surface area contributed by atoms with E-state index >= 15 is 0 Å². The van der Waals surface area contributed by atoms with Gasteiger partial charge in [0.05, 0.1) is 13.2 Å². The van der Waals surface area contributed by atoms with Crippen molar-refractivity contribution in [3.05, 3.63) is 0 Å². The summed E-state index contributed by atoms with van der Waals surface area (Å²) in [6.07, 6.45) is 4.17. The molecule has 2 atom stereocenters. The Balaban J connectivity index is 2.30. The Labute approximate surface area is 127 Å². The molecule has 5 nitrogen and oxygen atoms in total. The highest BCUT2D eigenvalue weighted by molar-refractivity contribution is 7.99. The Bertz CT molecular complexity index is 290. The largest absolute Gasteiger partial charge is 0.395 e. The first-order chi connectivity index (χ1) is 9.47. The van der Waals surface area contributed by atoms with Gasteiger partial charge in [-0.3, -0.25) is 9.69 Å². The van der Waals surface area contributed by atoms with Gasteiger partial charge in [0.2, 0.25) is 5.91 Å². The van der Waals surface area contributed by atoms with E-state index in [1.807, 2.05) is 6.26 Å². The molecule has 1 amide bonds. The van der Waals surface area contributed by atoms with Crippen molar-refractivity contribution >= 4 is 17.7 Å². The number of aliphatic hydroxyl groups excluding tert-OH is 1.